The Kier molecular flexibility index (Phi) is 5.07. The Morgan fingerprint density at radius 2 is 1.77 bits per heavy atom. The summed E-state index contributed by atoms with van der Waals surface area (Å²) in [6.45, 7) is 5.15. The number of rotatable bonds is 3. The summed E-state index contributed by atoms with van der Waals surface area (Å²) in [5.41, 5.74) is 2.54. The van der Waals surface area contributed by atoms with Crippen molar-refractivity contribution in [2.24, 2.45) is 0 Å². The van der Waals surface area contributed by atoms with Gasteiger partial charge < -0.3 is 15.1 Å². The number of urea groups is 1. The number of aromatic nitrogens is 4. The predicted molar refractivity (Wildman–Crippen MR) is 122 cm³/mol. The highest BCUT2D eigenvalue weighted by molar-refractivity contribution is 6.30. The normalized spacial score (nSPS) is 14.4. The Balaban J connectivity index is 1.60. The molecule has 2 aromatic carbocycles. The number of carbonyl (C=O) groups excluding carboxylic acids is 1. The van der Waals surface area contributed by atoms with Gasteiger partial charge >= 0.3 is 6.03 Å². The minimum atomic E-state index is -0.0232. The standard InChI is InChI=1S/C22H22ClN7O/c1-2-24-22(31)29-13-11-28(12-14-29)21-25-18-6-4-3-5-17(18)20-27-26-19(30(20)21)15-7-9-16(23)10-8-15/h3-10H,2,11-14H2,1H3,(H,24,31). The van der Waals surface area contributed by atoms with E-state index < -0.39 is 0 Å². The molecule has 2 amide bonds. The van der Waals surface area contributed by atoms with Gasteiger partial charge in [-0.3, -0.25) is 0 Å². The number of para-hydroxylation sites is 1. The van der Waals surface area contributed by atoms with Crippen LogP contribution in [-0.4, -0.2) is 63.2 Å². The van der Waals surface area contributed by atoms with E-state index in [0.29, 0.717) is 43.6 Å². The number of halogens is 1. The minimum Gasteiger partial charge on any atom is -0.338 e. The third kappa shape index (κ3) is 3.53. The smallest absolute Gasteiger partial charge is 0.317 e. The van der Waals surface area contributed by atoms with Crippen LogP contribution in [0.4, 0.5) is 10.7 Å². The first-order valence-corrected chi connectivity index (χ1v) is 10.7. The van der Waals surface area contributed by atoms with E-state index in [1.54, 1.807) is 0 Å². The van der Waals surface area contributed by atoms with Crippen molar-refractivity contribution in [3.63, 3.8) is 0 Å². The molecular weight excluding hydrogens is 414 g/mol. The van der Waals surface area contributed by atoms with E-state index in [1.165, 1.54) is 0 Å². The van der Waals surface area contributed by atoms with Gasteiger partial charge in [-0.05, 0) is 43.3 Å². The van der Waals surface area contributed by atoms with Gasteiger partial charge in [0.15, 0.2) is 11.5 Å². The van der Waals surface area contributed by atoms with Crippen molar-refractivity contribution >= 4 is 40.1 Å². The molecular formula is C22H22ClN7O. The van der Waals surface area contributed by atoms with Crippen LogP contribution in [0.2, 0.25) is 5.02 Å². The lowest BCUT2D eigenvalue weighted by Gasteiger charge is -2.35. The number of carbonyl (C=O) groups is 1. The summed E-state index contributed by atoms with van der Waals surface area (Å²) in [7, 11) is 0. The van der Waals surface area contributed by atoms with E-state index >= 15 is 0 Å². The zero-order chi connectivity index (χ0) is 21.4. The van der Waals surface area contributed by atoms with E-state index in [0.717, 1.165) is 28.1 Å². The Morgan fingerprint density at radius 1 is 1.03 bits per heavy atom. The van der Waals surface area contributed by atoms with Crippen LogP contribution in [0.3, 0.4) is 0 Å². The van der Waals surface area contributed by atoms with Gasteiger partial charge in [0.1, 0.15) is 0 Å². The zero-order valence-corrected chi connectivity index (χ0v) is 17.9. The van der Waals surface area contributed by atoms with Crippen LogP contribution < -0.4 is 10.2 Å². The Bertz CT molecular complexity index is 1250. The highest BCUT2D eigenvalue weighted by Crippen LogP contribution is 2.29. The van der Waals surface area contributed by atoms with Crippen LogP contribution in [0.5, 0.6) is 0 Å². The van der Waals surface area contributed by atoms with Gasteiger partial charge in [0.05, 0.1) is 5.52 Å². The molecule has 8 nitrogen and oxygen atoms in total. The molecule has 1 fully saturated rings. The van der Waals surface area contributed by atoms with Crippen molar-refractivity contribution in [1.82, 2.24) is 29.8 Å². The number of piperazine rings is 1. The molecule has 4 aromatic rings. The zero-order valence-electron chi connectivity index (χ0n) is 17.1. The monoisotopic (exact) mass is 435 g/mol. The maximum absolute atomic E-state index is 12.2. The lowest BCUT2D eigenvalue weighted by Crippen LogP contribution is -2.52. The number of amides is 2. The van der Waals surface area contributed by atoms with Gasteiger partial charge in [-0.2, -0.15) is 0 Å². The number of hydrogen-bond donors (Lipinski definition) is 1. The second kappa shape index (κ2) is 8.03. The molecule has 2 aromatic heterocycles. The molecule has 0 radical (unpaired) electrons. The van der Waals surface area contributed by atoms with Gasteiger partial charge in [0.25, 0.3) is 0 Å². The lowest BCUT2D eigenvalue weighted by molar-refractivity contribution is 0.194. The van der Waals surface area contributed by atoms with Gasteiger partial charge in [0.2, 0.25) is 5.95 Å². The molecule has 0 saturated carbocycles. The molecule has 1 aliphatic heterocycles. The first-order valence-electron chi connectivity index (χ1n) is 10.3. The Hall–Kier alpha value is -3.39. The fraction of sp³-hybridized carbons (Fsp3) is 0.273. The molecule has 0 atom stereocenters. The summed E-state index contributed by atoms with van der Waals surface area (Å²) in [6.07, 6.45) is 0. The molecule has 1 saturated heterocycles. The molecule has 158 valence electrons. The van der Waals surface area contributed by atoms with Crippen LogP contribution in [0.25, 0.3) is 27.9 Å². The maximum atomic E-state index is 12.2. The van der Waals surface area contributed by atoms with Crippen LogP contribution in [0, 0.1) is 0 Å². The van der Waals surface area contributed by atoms with Crippen molar-refractivity contribution in [3.8, 4) is 11.4 Å². The van der Waals surface area contributed by atoms with Crippen molar-refractivity contribution in [2.45, 2.75) is 6.92 Å². The second-order valence-electron chi connectivity index (χ2n) is 7.43. The van der Waals surface area contributed by atoms with Crippen molar-refractivity contribution < 1.29 is 4.79 Å². The summed E-state index contributed by atoms with van der Waals surface area (Å²) in [5.74, 6) is 1.49. The second-order valence-corrected chi connectivity index (χ2v) is 7.86. The van der Waals surface area contributed by atoms with Crippen LogP contribution in [0.15, 0.2) is 48.5 Å². The number of hydrogen-bond acceptors (Lipinski definition) is 5. The van der Waals surface area contributed by atoms with Crippen LogP contribution in [-0.2, 0) is 0 Å². The molecule has 1 aliphatic rings. The quantitative estimate of drug-likeness (QED) is 0.533. The third-order valence-electron chi connectivity index (χ3n) is 5.51. The molecule has 0 bridgehead atoms. The molecule has 5 rings (SSSR count). The highest BCUT2D eigenvalue weighted by Gasteiger charge is 2.25. The lowest BCUT2D eigenvalue weighted by atomic mass is 10.2. The Morgan fingerprint density at radius 3 is 2.52 bits per heavy atom. The summed E-state index contributed by atoms with van der Waals surface area (Å²) < 4.78 is 2.01. The van der Waals surface area contributed by atoms with E-state index in [2.05, 4.69) is 20.4 Å². The van der Waals surface area contributed by atoms with Gasteiger partial charge in [0, 0.05) is 48.7 Å². The number of fused-ring (bicyclic) bond motifs is 3. The van der Waals surface area contributed by atoms with Gasteiger partial charge in [-0.15, -0.1) is 10.2 Å². The Labute approximate surface area is 184 Å². The molecule has 3 heterocycles. The molecule has 1 N–H and O–H groups in total. The molecule has 0 aliphatic carbocycles. The number of nitrogens with one attached hydrogen (secondary N) is 1. The highest BCUT2D eigenvalue weighted by atomic mass is 35.5. The average molecular weight is 436 g/mol. The predicted octanol–water partition coefficient (Wildman–Crippen LogP) is 3.45. The molecule has 0 unspecified atom stereocenters. The largest absolute Gasteiger partial charge is 0.338 e. The summed E-state index contributed by atoms with van der Waals surface area (Å²) in [6, 6.07) is 15.5. The van der Waals surface area contributed by atoms with E-state index in [4.69, 9.17) is 16.6 Å². The fourth-order valence-electron chi connectivity index (χ4n) is 3.94. The first-order chi connectivity index (χ1) is 15.2. The van der Waals surface area contributed by atoms with Gasteiger partial charge in [-0.1, -0.05) is 23.7 Å². The average Bonchev–Trinajstić information content (AvgIpc) is 3.25. The number of nitrogens with zero attached hydrogens (tertiary/aromatic N) is 6. The topological polar surface area (TPSA) is 78.7 Å². The summed E-state index contributed by atoms with van der Waals surface area (Å²) >= 11 is 6.08. The van der Waals surface area contributed by atoms with Crippen molar-refractivity contribution in [1.29, 1.82) is 0 Å². The van der Waals surface area contributed by atoms with Crippen molar-refractivity contribution in [3.05, 3.63) is 53.6 Å². The van der Waals surface area contributed by atoms with E-state index in [-0.39, 0.29) is 6.03 Å². The molecule has 0 spiro atoms. The van der Waals surface area contributed by atoms with E-state index in [1.807, 2.05) is 64.8 Å². The third-order valence-corrected chi connectivity index (χ3v) is 5.76. The fourth-order valence-corrected chi connectivity index (χ4v) is 4.06. The van der Waals surface area contributed by atoms with Crippen molar-refractivity contribution in [2.75, 3.05) is 37.6 Å². The molecule has 9 heteroatoms. The maximum Gasteiger partial charge on any atom is 0.317 e. The number of benzene rings is 2. The summed E-state index contributed by atoms with van der Waals surface area (Å²) in [5, 5.41) is 13.5. The first kappa shape index (κ1) is 19.6. The van der Waals surface area contributed by atoms with Crippen LogP contribution in [0.1, 0.15) is 6.92 Å². The van der Waals surface area contributed by atoms with Crippen LogP contribution >= 0.6 is 11.6 Å². The van der Waals surface area contributed by atoms with E-state index in [9.17, 15) is 4.79 Å². The minimum absolute atomic E-state index is 0.0232. The number of anilines is 1. The molecule has 31 heavy (non-hydrogen) atoms. The summed E-state index contributed by atoms with van der Waals surface area (Å²) in [4.78, 5) is 21.2. The van der Waals surface area contributed by atoms with Gasteiger partial charge in [-0.25, -0.2) is 14.2 Å². The SMILES string of the molecule is CCNC(=O)N1CCN(c2nc3ccccc3c3nnc(-c4ccc(Cl)cc4)n23)CC1.